The fourth-order valence-corrected chi connectivity index (χ4v) is 2.46. The van der Waals surface area contributed by atoms with Crippen LogP contribution in [0.1, 0.15) is 17.0 Å². The zero-order valence-electron chi connectivity index (χ0n) is 14.2. The first-order valence-corrected chi connectivity index (χ1v) is 8.14. The summed E-state index contributed by atoms with van der Waals surface area (Å²) in [5.41, 5.74) is 4.60. The molecule has 132 valence electrons. The van der Waals surface area contributed by atoms with Crippen LogP contribution in [-0.4, -0.2) is 14.2 Å². The number of hydrogen-bond acceptors (Lipinski definition) is 6. The van der Waals surface area contributed by atoms with E-state index >= 15 is 0 Å². The summed E-state index contributed by atoms with van der Waals surface area (Å²) in [6.07, 6.45) is 0. The van der Waals surface area contributed by atoms with Gasteiger partial charge < -0.3 is 9.47 Å². The summed E-state index contributed by atoms with van der Waals surface area (Å²) in [5.74, 6) is 1.66. The molecule has 1 heterocycles. The number of methoxy groups -OCH3 is 2. The van der Waals surface area contributed by atoms with Crippen LogP contribution in [-0.2, 0) is 0 Å². The van der Waals surface area contributed by atoms with Crippen molar-refractivity contribution in [2.45, 2.75) is 20.8 Å². The number of rotatable bonds is 3. The molecule has 0 radical (unpaired) electrons. The van der Waals surface area contributed by atoms with Crippen LogP contribution >= 0.6 is 0 Å². The number of benzene rings is 1. The summed E-state index contributed by atoms with van der Waals surface area (Å²) in [6, 6.07) is 10.1. The first-order chi connectivity index (χ1) is 11.1. The number of aromatic nitrogens is 1. The Bertz CT molecular complexity index is 670. The molecule has 1 aromatic heterocycles. The largest absolute Gasteiger partial charge is 0.497 e. The Hall–Kier alpha value is -1.90. The molecule has 0 N–H and O–H groups in total. The zero-order valence-corrected chi connectivity index (χ0v) is 14.9. The molecular formula is C16H20ClNO6. The van der Waals surface area contributed by atoms with E-state index in [4.69, 9.17) is 28.1 Å². The smallest absolute Gasteiger partial charge is 0.257 e. The molecule has 2 aromatic rings. The van der Waals surface area contributed by atoms with Crippen LogP contribution in [0.4, 0.5) is 0 Å². The number of pyridine rings is 1. The van der Waals surface area contributed by atoms with E-state index < -0.39 is 10.2 Å². The second-order valence-corrected chi connectivity index (χ2v) is 5.82. The lowest BCUT2D eigenvalue weighted by molar-refractivity contribution is -2.00. The Morgan fingerprint density at radius 3 is 1.75 bits per heavy atom. The third kappa shape index (κ3) is 5.95. The van der Waals surface area contributed by atoms with E-state index in [0.29, 0.717) is 0 Å². The summed E-state index contributed by atoms with van der Waals surface area (Å²) in [7, 11) is -1.59. The summed E-state index contributed by atoms with van der Waals surface area (Å²) in [5, 5.41) is 0. The minimum Gasteiger partial charge on any atom is -0.497 e. The van der Waals surface area contributed by atoms with Gasteiger partial charge in [0.2, 0.25) is 0 Å². The third-order valence-electron chi connectivity index (χ3n) is 3.21. The van der Waals surface area contributed by atoms with Gasteiger partial charge in [0.15, 0.2) is 17.1 Å². The molecule has 7 nitrogen and oxygen atoms in total. The first kappa shape index (κ1) is 20.1. The third-order valence-corrected chi connectivity index (χ3v) is 3.21. The molecule has 0 spiro atoms. The normalized spacial score (nSPS) is 10.7. The van der Waals surface area contributed by atoms with Crippen LogP contribution in [0, 0.1) is 31.0 Å². The predicted octanol–water partition coefficient (Wildman–Crippen LogP) is -1.85. The van der Waals surface area contributed by atoms with Gasteiger partial charge in [0.05, 0.1) is 20.3 Å². The van der Waals surface area contributed by atoms with Crippen molar-refractivity contribution in [3.63, 3.8) is 0 Å². The summed E-state index contributed by atoms with van der Waals surface area (Å²) >= 11 is 0. The van der Waals surface area contributed by atoms with Gasteiger partial charge in [0.25, 0.3) is 5.69 Å². The van der Waals surface area contributed by atoms with Crippen LogP contribution in [0.25, 0.3) is 5.69 Å². The van der Waals surface area contributed by atoms with Crippen molar-refractivity contribution in [2.75, 3.05) is 14.2 Å². The van der Waals surface area contributed by atoms with Crippen molar-refractivity contribution >= 4 is 0 Å². The Balaban J connectivity index is 0.000000505. The average Bonchev–Trinajstić information content (AvgIpc) is 2.44. The molecule has 0 bridgehead atoms. The number of hydrogen-bond donors (Lipinski definition) is 0. The molecule has 0 saturated heterocycles. The van der Waals surface area contributed by atoms with E-state index in [9.17, 15) is 0 Å². The molecule has 0 aliphatic carbocycles. The molecule has 0 aliphatic rings. The standard InChI is InChI=1S/C16H20NO2.ClHO4/c1-11-8-12(2)17(13(3)9-11)15-10-14(18-4)6-7-16(15)19-5;2-1(3,4)5/h6-10H,1-5H3;(H,2,3,4,5)/q+1;/p-1. The van der Waals surface area contributed by atoms with Crippen LogP contribution in [0.2, 0.25) is 0 Å². The molecule has 24 heavy (non-hydrogen) atoms. The highest BCUT2D eigenvalue weighted by Gasteiger charge is 2.20. The zero-order chi connectivity index (χ0) is 18.5. The van der Waals surface area contributed by atoms with E-state index in [1.165, 1.54) is 17.0 Å². The Morgan fingerprint density at radius 1 is 0.833 bits per heavy atom. The van der Waals surface area contributed by atoms with Gasteiger partial charge in [-0.3, -0.25) is 0 Å². The predicted molar refractivity (Wildman–Crippen MR) is 75.3 cm³/mol. The van der Waals surface area contributed by atoms with Crippen LogP contribution in [0.15, 0.2) is 30.3 Å². The second-order valence-electron chi connectivity index (χ2n) is 5.07. The fraction of sp³-hybridized carbons (Fsp3) is 0.312. The van der Waals surface area contributed by atoms with Gasteiger partial charge in [-0.2, -0.15) is 4.57 Å². The number of ether oxygens (including phenoxy) is 2. The van der Waals surface area contributed by atoms with E-state index in [-0.39, 0.29) is 0 Å². The van der Waals surface area contributed by atoms with Gasteiger partial charge in [0.1, 0.15) is 5.75 Å². The lowest BCUT2D eigenvalue weighted by Crippen LogP contribution is -2.68. The molecular weight excluding hydrogens is 338 g/mol. The van der Waals surface area contributed by atoms with E-state index in [1.807, 2.05) is 18.2 Å². The topological polar surface area (TPSA) is 115 Å². The van der Waals surface area contributed by atoms with Gasteiger partial charge >= 0.3 is 0 Å². The molecule has 0 fully saturated rings. The van der Waals surface area contributed by atoms with Crippen molar-refractivity contribution < 1.29 is 42.9 Å². The Kier molecular flexibility index (Phi) is 6.94. The van der Waals surface area contributed by atoms with Crippen LogP contribution < -0.4 is 32.7 Å². The monoisotopic (exact) mass is 357 g/mol. The molecule has 8 heteroatoms. The fourth-order valence-electron chi connectivity index (χ4n) is 2.46. The molecule has 0 atom stereocenters. The lowest BCUT2D eigenvalue weighted by atomic mass is 10.1. The number of nitrogens with zero attached hydrogens (tertiary/aromatic N) is 1. The summed E-state index contributed by atoms with van der Waals surface area (Å²) in [4.78, 5) is 0. The van der Waals surface area contributed by atoms with Crippen LogP contribution in [0.5, 0.6) is 11.5 Å². The summed E-state index contributed by atoms with van der Waals surface area (Å²) in [6.45, 7) is 6.30. The molecule has 0 unspecified atom stereocenters. The van der Waals surface area contributed by atoms with Gasteiger partial charge in [-0.15, -0.1) is 10.2 Å². The van der Waals surface area contributed by atoms with Crippen molar-refractivity contribution in [3.05, 3.63) is 47.3 Å². The Labute approximate surface area is 143 Å². The van der Waals surface area contributed by atoms with Crippen LogP contribution in [0.3, 0.4) is 0 Å². The van der Waals surface area contributed by atoms with Gasteiger partial charge in [-0.1, -0.05) is 0 Å². The lowest BCUT2D eigenvalue weighted by Gasteiger charge is -2.17. The highest BCUT2D eigenvalue weighted by Crippen LogP contribution is 2.25. The van der Waals surface area contributed by atoms with E-state index in [0.717, 1.165) is 17.2 Å². The van der Waals surface area contributed by atoms with Gasteiger partial charge in [-0.25, -0.2) is 18.6 Å². The molecule has 0 amide bonds. The van der Waals surface area contributed by atoms with Crippen molar-refractivity contribution in [1.29, 1.82) is 0 Å². The molecule has 1 aromatic carbocycles. The molecule has 2 rings (SSSR count). The van der Waals surface area contributed by atoms with Gasteiger partial charge in [0, 0.05) is 26.0 Å². The van der Waals surface area contributed by atoms with E-state index in [2.05, 4.69) is 37.5 Å². The maximum Gasteiger partial charge on any atom is 0.257 e. The SMILES string of the molecule is COc1ccc(OC)c(-[n+]2c(C)cc(C)cc2C)c1.[O-][Cl+3]([O-])([O-])[O-]. The number of halogens is 1. The van der Waals surface area contributed by atoms with Crippen molar-refractivity contribution in [2.24, 2.45) is 0 Å². The highest BCUT2D eigenvalue weighted by atomic mass is 35.7. The maximum atomic E-state index is 8.49. The van der Waals surface area contributed by atoms with Crippen molar-refractivity contribution in [1.82, 2.24) is 0 Å². The average molecular weight is 358 g/mol. The minimum absolute atomic E-state index is 0.822. The quantitative estimate of drug-likeness (QED) is 0.596. The van der Waals surface area contributed by atoms with Crippen molar-refractivity contribution in [3.8, 4) is 17.2 Å². The maximum absolute atomic E-state index is 8.49. The second kappa shape index (κ2) is 8.27. The first-order valence-electron chi connectivity index (χ1n) is 6.91. The summed E-state index contributed by atoms with van der Waals surface area (Å²) < 4.78 is 46.9. The van der Waals surface area contributed by atoms with E-state index in [1.54, 1.807) is 14.2 Å². The Morgan fingerprint density at radius 2 is 1.33 bits per heavy atom. The molecule has 0 saturated carbocycles. The molecule has 0 aliphatic heterocycles. The van der Waals surface area contributed by atoms with Gasteiger partial charge in [-0.05, 0) is 24.6 Å². The highest BCUT2D eigenvalue weighted by molar-refractivity contribution is 5.46. The minimum atomic E-state index is -4.94. The number of aryl methyl sites for hydroxylation is 3.